The van der Waals surface area contributed by atoms with Crippen LogP contribution in [0, 0.1) is 11.2 Å². The summed E-state index contributed by atoms with van der Waals surface area (Å²) in [5.74, 6) is 0.767. The zero-order valence-electron chi connectivity index (χ0n) is 12.5. The molecule has 0 spiro atoms. The van der Waals surface area contributed by atoms with E-state index in [9.17, 15) is 4.39 Å². The van der Waals surface area contributed by atoms with Crippen LogP contribution in [0.15, 0.2) is 36.4 Å². The lowest BCUT2D eigenvalue weighted by atomic mass is 10.1. The third-order valence-electron chi connectivity index (χ3n) is 3.21. The predicted molar refractivity (Wildman–Crippen MR) is 87.5 cm³/mol. The van der Waals surface area contributed by atoms with Crippen LogP contribution in [0.3, 0.4) is 0 Å². The van der Waals surface area contributed by atoms with E-state index in [2.05, 4.69) is 12.2 Å². The van der Waals surface area contributed by atoms with Gasteiger partial charge in [-0.25, -0.2) is 4.39 Å². The van der Waals surface area contributed by atoms with Crippen LogP contribution in [0.1, 0.15) is 24.5 Å². The van der Waals surface area contributed by atoms with E-state index in [1.165, 1.54) is 18.3 Å². The Hall–Kier alpha value is -2.40. The Morgan fingerprint density at radius 1 is 1.27 bits per heavy atom. The maximum absolute atomic E-state index is 13.2. The molecule has 0 aliphatic rings. The van der Waals surface area contributed by atoms with E-state index in [1.54, 1.807) is 12.1 Å². The van der Waals surface area contributed by atoms with Crippen LogP contribution in [0.2, 0.25) is 0 Å². The summed E-state index contributed by atoms with van der Waals surface area (Å²) in [7, 11) is 0. The van der Waals surface area contributed by atoms with E-state index in [0.29, 0.717) is 17.1 Å². The molecular formula is C17H20FN3O. The summed E-state index contributed by atoms with van der Waals surface area (Å²) in [4.78, 5) is 0. The number of rotatable bonds is 7. The molecule has 0 saturated heterocycles. The van der Waals surface area contributed by atoms with Crippen LogP contribution in [-0.4, -0.2) is 12.8 Å². The van der Waals surface area contributed by atoms with Crippen LogP contribution >= 0.6 is 0 Å². The molecule has 0 heterocycles. The largest absolute Gasteiger partial charge is 0.457 e. The zero-order valence-corrected chi connectivity index (χ0v) is 12.5. The van der Waals surface area contributed by atoms with Crippen molar-refractivity contribution in [2.75, 3.05) is 11.9 Å². The fraction of sp³-hybridized carbons (Fsp3) is 0.235. The summed E-state index contributed by atoms with van der Waals surface area (Å²) in [5, 5.41) is 10.8. The number of halogens is 1. The van der Waals surface area contributed by atoms with Gasteiger partial charge in [0.15, 0.2) is 0 Å². The highest BCUT2D eigenvalue weighted by molar-refractivity contribution is 5.86. The van der Waals surface area contributed by atoms with Crippen LogP contribution in [0.4, 0.5) is 10.1 Å². The zero-order chi connectivity index (χ0) is 15.9. The molecule has 0 aliphatic carbocycles. The molecule has 0 atom stereocenters. The van der Waals surface area contributed by atoms with E-state index in [0.717, 1.165) is 24.2 Å². The monoisotopic (exact) mass is 301 g/mol. The third-order valence-corrected chi connectivity index (χ3v) is 3.21. The Morgan fingerprint density at radius 3 is 2.77 bits per heavy atom. The molecule has 22 heavy (non-hydrogen) atoms. The fourth-order valence-electron chi connectivity index (χ4n) is 2.08. The molecule has 2 aromatic rings. The number of anilines is 1. The molecule has 2 aromatic carbocycles. The van der Waals surface area contributed by atoms with Crippen LogP contribution in [0.25, 0.3) is 0 Å². The summed E-state index contributed by atoms with van der Waals surface area (Å²) >= 11 is 0. The summed E-state index contributed by atoms with van der Waals surface area (Å²) in [6.07, 6.45) is 2.28. The van der Waals surface area contributed by atoms with Gasteiger partial charge in [-0.05, 0) is 42.8 Å². The Morgan fingerprint density at radius 2 is 2.09 bits per heavy atom. The van der Waals surface area contributed by atoms with Gasteiger partial charge < -0.3 is 21.2 Å². The lowest BCUT2D eigenvalue weighted by molar-refractivity contribution is 0.474. The first kappa shape index (κ1) is 16.0. The van der Waals surface area contributed by atoms with Crippen molar-refractivity contribution in [3.05, 3.63) is 53.3 Å². The van der Waals surface area contributed by atoms with E-state index < -0.39 is 0 Å². The number of benzene rings is 2. The number of nitrogens with one attached hydrogen (secondary N) is 2. The summed E-state index contributed by atoms with van der Waals surface area (Å²) in [6.45, 7) is 3.12. The van der Waals surface area contributed by atoms with Crippen molar-refractivity contribution < 1.29 is 9.13 Å². The second kappa shape index (κ2) is 7.56. The van der Waals surface area contributed by atoms with Gasteiger partial charge in [0.05, 0.1) is 0 Å². The van der Waals surface area contributed by atoms with Gasteiger partial charge in [-0.1, -0.05) is 6.92 Å². The van der Waals surface area contributed by atoms with Gasteiger partial charge in [0.1, 0.15) is 17.3 Å². The minimum absolute atomic E-state index is 0.195. The lowest BCUT2D eigenvalue weighted by Gasteiger charge is -2.13. The maximum Gasteiger partial charge on any atom is 0.132 e. The van der Waals surface area contributed by atoms with Gasteiger partial charge in [-0.15, -0.1) is 0 Å². The van der Waals surface area contributed by atoms with Crippen molar-refractivity contribution in [3.8, 4) is 11.5 Å². The van der Waals surface area contributed by atoms with Crippen molar-refractivity contribution in [1.82, 2.24) is 0 Å². The molecule has 0 fully saturated rings. The average Bonchev–Trinajstić information content (AvgIpc) is 2.55. The smallest absolute Gasteiger partial charge is 0.132 e. The third kappa shape index (κ3) is 3.83. The molecule has 0 aliphatic heterocycles. The van der Waals surface area contributed by atoms with E-state index in [4.69, 9.17) is 15.9 Å². The number of hydrogen-bond acceptors (Lipinski definition) is 4. The molecule has 5 heteroatoms. The average molecular weight is 301 g/mol. The van der Waals surface area contributed by atoms with Gasteiger partial charge in [0, 0.05) is 36.1 Å². The van der Waals surface area contributed by atoms with E-state index in [-0.39, 0.29) is 12.4 Å². The second-order valence-corrected chi connectivity index (χ2v) is 4.88. The van der Waals surface area contributed by atoms with Gasteiger partial charge in [0.2, 0.25) is 0 Å². The molecule has 0 aromatic heterocycles. The standard InChI is InChI=1S/C17H20FN3O/c1-2-7-21-16-5-4-15(9-12(16)10-19)22-17-6-3-14(18)8-13(17)11-20/h3-6,8-10,19,21H,2,7,11,20H2,1H3. The van der Waals surface area contributed by atoms with Gasteiger partial charge in [0.25, 0.3) is 0 Å². The minimum atomic E-state index is -0.341. The molecule has 2 rings (SSSR count). The molecule has 0 saturated carbocycles. The summed E-state index contributed by atoms with van der Waals surface area (Å²) in [6, 6.07) is 9.72. The Bertz CT molecular complexity index is 658. The molecule has 4 nitrogen and oxygen atoms in total. The van der Waals surface area contributed by atoms with Crippen molar-refractivity contribution in [3.63, 3.8) is 0 Å². The van der Waals surface area contributed by atoms with Crippen molar-refractivity contribution in [1.29, 1.82) is 5.41 Å². The van der Waals surface area contributed by atoms with Gasteiger partial charge in [-0.2, -0.15) is 0 Å². The fourth-order valence-corrected chi connectivity index (χ4v) is 2.08. The normalized spacial score (nSPS) is 10.3. The maximum atomic E-state index is 13.2. The Kier molecular flexibility index (Phi) is 5.49. The van der Waals surface area contributed by atoms with E-state index in [1.807, 2.05) is 12.1 Å². The molecule has 0 bridgehead atoms. The number of nitrogens with two attached hydrogens (primary N) is 1. The Balaban J connectivity index is 2.25. The van der Waals surface area contributed by atoms with Crippen molar-refractivity contribution in [2.24, 2.45) is 5.73 Å². The van der Waals surface area contributed by atoms with Gasteiger partial charge in [-0.3, -0.25) is 0 Å². The molecule has 0 amide bonds. The topological polar surface area (TPSA) is 71.1 Å². The molecular weight excluding hydrogens is 281 g/mol. The predicted octanol–water partition coefficient (Wildman–Crippen LogP) is 3.90. The first-order chi connectivity index (χ1) is 10.7. The summed E-state index contributed by atoms with van der Waals surface area (Å²) in [5.41, 5.74) is 7.85. The minimum Gasteiger partial charge on any atom is -0.457 e. The van der Waals surface area contributed by atoms with Crippen LogP contribution in [-0.2, 0) is 6.54 Å². The quantitative estimate of drug-likeness (QED) is 0.679. The van der Waals surface area contributed by atoms with Crippen LogP contribution < -0.4 is 15.8 Å². The molecule has 116 valence electrons. The first-order valence-corrected chi connectivity index (χ1v) is 7.22. The molecule has 4 N–H and O–H groups in total. The lowest BCUT2D eigenvalue weighted by Crippen LogP contribution is -2.03. The molecule has 0 radical (unpaired) electrons. The van der Waals surface area contributed by atoms with Crippen molar-refractivity contribution >= 4 is 11.9 Å². The summed E-state index contributed by atoms with van der Waals surface area (Å²) < 4.78 is 19.0. The second-order valence-electron chi connectivity index (χ2n) is 4.88. The van der Waals surface area contributed by atoms with Crippen molar-refractivity contribution in [2.45, 2.75) is 19.9 Å². The van der Waals surface area contributed by atoms with Gasteiger partial charge >= 0.3 is 0 Å². The number of hydrogen-bond donors (Lipinski definition) is 3. The van der Waals surface area contributed by atoms with Crippen LogP contribution in [0.5, 0.6) is 11.5 Å². The highest BCUT2D eigenvalue weighted by Gasteiger charge is 2.07. The first-order valence-electron chi connectivity index (χ1n) is 7.22. The Labute approximate surface area is 129 Å². The SMILES string of the molecule is CCCNc1ccc(Oc2ccc(F)cc2CN)cc1C=N. The van der Waals surface area contributed by atoms with E-state index >= 15 is 0 Å². The highest BCUT2D eigenvalue weighted by Crippen LogP contribution is 2.28. The highest BCUT2D eigenvalue weighted by atomic mass is 19.1. The molecule has 0 unspecified atom stereocenters. The number of ether oxygens (including phenoxy) is 1.